The summed E-state index contributed by atoms with van der Waals surface area (Å²) in [5.74, 6) is 0.122. The molecule has 0 bridgehead atoms. The van der Waals surface area contributed by atoms with Crippen molar-refractivity contribution in [2.24, 2.45) is 0 Å². The Morgan fingerprint density at radius 3 is 2.59 bits per heavy atom. The number of fused-ring (bicyclic) bond motifs is 1. The van der Waals surface area contributed by atoms with E-state index in [9.17, 15) is 4.79 Å². The molecule has 0 atom stereocenters. The SMILES string of the molecule is O=C(CCc1ccc(Cl)cc1Cl)N1CCc2cc(-c3ccncc3)ccc21. The Morgan fingerprint density at radius 2 is 1.81 bits per heavy atom. The molecular weight excluding hydrogens is 379 g/mol. The second-order valence-electron chi connectivity index (χ2n) is 6.61. The van der Waals surface area contributed by atoms with Crippen LogP contribution in [0.25, 0.3) is 11.1 Å². The van der Waals surface area contributed by atoms with Crippen molar-refractivity contribution in [3.63, 3.8) is 0 Å². The molecule has 4 rings (SSSR count). The quantitative estimate of drug-likeness (QED) is 0.576. The number of amides is 1. The van der Waals surface area contributed by atoms with Gasteiger partial charge in [-0.25, -0.2) is 0 Å². The van der Waals surface area contributed by atoms with Crippen LogP contribution in [0.1, 0.15) is 17.5 Å². The Morgan fingerprint density at radius 1 is 1.00 bits per heavy atom. The van der Waals surface area contributed by atoms with Crippen LogP contribution in [0.2, 0.25) is 10.0 Å². The lowest BCUT2D eigenvalue weighted by molar-refractivity contribution is -0.118. The molecular formula is C22H18Cl2N2O. The zero-order valence-electron chi connectivity index (χ0n) is 14.7. The number of carbonyl (C=O) groups excluding carboxylic acids is 1. The van der Waals surface area contributed by atoms with Gasteiger partial charge in [0.25, 0.3) is 0 Å². The standard InChI is InChI=1S/C22H18Cl2N2O/c23-19-4-1-16(20(24)14-19)3-6-22(27)26-12-9-18-13-17(2-5-21(18)26)15-7-10-25-11-8-15/h1-2,4-5,7-8,10-11,13-14H,3,6,9,12H2. The molecule has 27 heavy (non-hydrogen) atoms. The predicted molar refractivity (Wildman–Crippen MR) is 111 cm³/mol. The minimum Gasteiger partial charge on any atom is -0.312 e. The Balaban J connectivity index is 1.48. The Bertz CT molecular complexity index is 989. The summed E-state index contributed by atoms with van der Waals surface area (Å²) in [5, 5.41) is 1.22. The van der Waals surface area contributed by atoms with E-state index in [0.717, 1.165) is 35.3 Å². The van der Waals surface area contributed by atoms with Gasteiger partial charge in [-0.2, -0.15) is 0 Å². The third-order valence-corrected chi connectivity index (χ3v) is 5.50. The predicted octanol–water partition coefficient (Wildman–Crippen LogP) is 5.58. The highest BCUT2D eigenvalue weighted by atomic mass is 35.5. The van der Waals surface area contributed by atoms with Crippen LogP contribution in [0.15, 0.2) is 60.9 Å². The molecule has 1 aliphatic heterocycles. The minimum absolute atomic E-state index is 0.122. The molecule has 0 saturated carbocycles. The molecule has 1 aromatic heterocycles. The summed E-state index contributed by atoms with van der Waals surface area (Å²) in [6.07, 6.45) is 5.49. The number of rotatable bonds is 4. The largest absolute Gasteiger partial charge is 0.312 e. The number of hydrogen-bond acceptors (Lipinski definition) is 2. The van der Waals surface area contributed by atoms with Crippen molar-refractivity contribution >= 4 is 34.8 Å². The van der Waals surface area contributed by atoms with Crippen molar-refractivity contribution in [3.05, 3.63) is 82.1 Å². The van der Waals surface area contributed by atoms with Gasteiger partial charge in [-0.15, -0.1) is 0 Å². The first-order valence-electron chi connectivity index (χ1n) is 8.89. The van der Waals surface area contributed by atoms with Crippen LogP contribution in [0.5, 0.6) is 0 Å². The fraction of sp³-hybridized carbons (Fsp3) is 0.182. The lowest BCUT2D eigenvalue weighted by Crippen LogP contribution is -2.29. The van der Waals surface area contributed by atoms with E-state index in [-0.39, 0.29) is 5.91 Å². The molecule has 1 aliphatic rings. The second kappa shape index (κ2) is 7.71. The molecule has 136 valence electrons. The molecule has 0 radical (unpaired) electrons. The summed E-state index contributed by atoms with van der Waals surface area (Å²) >= 11 is 12.1. The lowest BCUT2D eigenvalue weighted by Gasteiger charge is -2.18. The molecule has 3 nitrogen and oxygen atoms in total. The molecule has 0 unspecified atom stereocenters. The number of benzene rings is 2. The van der Waals surface area contributed by atoms with E-state index in [4.69, 9.17) is 23.2 Å². The lowest BCUT2D eigenvalue weighted by atomic mass is 10.0. The van der Waals surface area contributed by atoms with E-state index in [1.807, 2.05) is 29.2 Å². The summed E-state index contributed by atoms with van der Waals surface area (Å²) < 4.78 is 0. The van der Waals surface area contributed by atoms with Gasteiger partial charge in [0, 0.05) is 41.1 Å². The van der Waals surface area contributed by atoms with Gasteiger partial charge in [0.05, 0.1) is 0 Å². The number of aromatic nitrogens is 1. The Labute approximate surface area is 168 Å². The number of anilines is 1. The molecule has 0 N–H and O–H groups in total. The molecule has 0 fully saturated rings. The van der Waals surface area contributed by atoms with E-state index in [0.29, 0.717) is 22.9 Å². The van der Waals surface area contributed by atoms with Gasteiger partial charge >= 0.3 is 0 Å². The summed E-state index contributed by atoms with van der Waals surface area (Å²) in [4.78, 5) is 18.7. The topological polar surface area (TPSA) is 33.2 Å². The molecule has 1 amide bonds. The van der Waals surface area contributed by atoms with Gasteiger partial charge in [-0.05, 0) is 71.5 Å². The van der Waals surface area contributed by atoms with E-state index < -0.39 is 0 Å². The van der Waals surface area contributed by atoms with Gasteiger partial charge in [-0.1, -0.05) is 35.3 Å². The molecule has 0 spiro atoms. The zero-order chi connectivity index (χ0) is 18.8. The molecule has 0 saturated heterocycles. The molecule has 2 heterocycles. The molecule has 0 aliphatic carbocycles. The van der Waals surface area contributed by atoms with Crippen LogP contribution >= 0.6 is 23.2 Å². The van der Waals surface area contributed by atoms with Gasteiger partial charge in [0.1, 0.15) is 0 Å². The van der Waals surface area contributed by atoms with Crippen molar-refractivity contribution in [2.45, 2.75) is 19.3 Å². The monoisotopic (exact) mass is 396 g/mol. The zero-order valence-corrected chi connectivity index (χ0v) is 16.2. The summed E-state index contributed by atoms with van der Waals surface area (Å²) in [7, 11) is 0. The normalized spacial score (nSPS) is 12.9. The minimum atomic E-state index is 0.122. The number of aryl methyl sites for hydroxylation is 1. The van der Waals surface area contributed by atoms with E-state index in [2.05, 4.69) is 17.1 Å². The molecule has 3 aromatic rings. The number of carbonyl (C=O) groups is 1. The number of hydrogen-bond donors (Lipinski definition) is 0. The first-order chi connectivity index (χ1) is 13.1. The third kappa shape index (κ3) is 3.85. The average molecular weight is 397 g/mol. The van der Waals surface area contributed by atoms with E-state index >= 15 is 0 Å². The summed E-state index contributed by atoms with van der Waals surface area (Å²) in [6, 6.07) is 15.7. The summed E-state index contributed by atoms with van der Waals surface area (Å²) in [5.41, 5.74) is 5.46. The average Bonchev–Trinajstić information content (AvgIpc) is 3.11. The van der Waals surface area contributed by atoms with Crippen molar-refractivity contribution in [1.29, 1.82) is 0 Å². The van der Waals surface area contributed by atoms with Gasteiger partial charge in [-0.3, -0.25) is 9.78 Å². The first kappa shape index (κ1) is 18.0. The number of halogens is 2. The summed E-state index contributed by atoms with van der Waals surface area (Å²) in [6.45, 7) is 0.725. The van der Waals surface area contributed by atoms with Gasteiger partial charge in [0.15, 0.2) is 0 Å². The van der Waals surface area contributed by atoms with E-state index in [1.54, 1.807) is 24.5 Å². The van der Waals surface area contributed by atoms with Crippen molar-refractivity contribution in [3.8, 4) is 11.1 Å². The van der Waals surface area contributed by atoms with Crippen molar-refractivity contribution in [2.75, 3.05) is 11.4 Å². The maximum absolute atomic E-state index is 12.8. The van der Waals surface area contributed by atoms with Gasteiger partial charge in [0.2, 0.25) is 5.91 Å². The number of pyridine rings is 1. The Kier molecular flexibility index (Phi) is 5.15. The van der Waals surface area contributed by atoms with Crippen molar-refractivity contribution in [1.82, 2.24) is 4.98 Å². The van der Waals surface area contributed by atoms with Crippen molar-refractivity contribution < 1.29 is 4.79 Å². The fourth-order valence-electron chi connectivity index (χ4n) is 3.49. The molecule has 5 heteroatoms. The van der Waals surface area contributed by atoms with Crippen LogP contribution in [0.4, 0.5) is 5.69 Å². The maximum Gasteiger partial charge on any atom is 0.227 e. The maximum atomic E-state index is 12.8. The van der Waals surface area contributed by atoms with Crippen LogP contribution in [-0.2, 0) is 17.6 Å². The highest BCUT2D eigenvalue weighted by molar-refractivity contribution is 6.35. The Hall–Kier alpha value is -2.36. The van der Waals surface area contributed by atoms with Crippen LogP contribution in [0.3, 0.4) is 0 Å². The van der Waals surface area contributed by atoms with Crippen LogP contribution in [0, 0.1) is 0 Å². The highest BCUT2D eigenvalue weighted by Gasteiger charge is 2.24. The van der Waals surface area contributed by atoms with Crippen LogP contribution in [-0.4, -0.2) is 17.4 Å². The molecule has 2 aromatic carbocycles. The fourth-order valence-corrected chi connectivity index (χ4v) is 3.99. The van der Waals surface area contributed by atoms with Crippen LogP contribution < -0.4 is 4.90 Å². The first-order valence-corrected chi connectivity index (χ1v) is 9.65. The third-order valence-electron chi connectivity index (χ3n) is 4.91. The van der Waals surface area contributed by atoms with Gasteiger partial charge < -0.3 is 4.90 Å². The highest BCUT2D eigenvalue weighted by Crippen LogP contribution is 2.33. The van der Waals surface area contributed by atoms with E-state index in [1.165, 1.54) is 5.56 Å². The second-order valence-corrected chi connectivity index (χ2v) is 7.45. The smallest absolute Gasteiger partial charge is 0.227 e. The number of nitrogens with zero attached hydrogens (tertiary/aromatic N) is 2.